The number of thioether (sulfide) groups is 1. The molecule has 3 fully saturated rings. The number of alkyl halides is 1. The van der Waals surface area contributed by atoms with Crippen molar-refractivity contribution < 1.29 is 14.3 Å². The summed E-state index contributed by atoms with van der Waals surface area (Å²) in [6.45, 7) is 3.32. The van der Waals surface area contributed by atoms with E-state index < -0.39 is 6.17 Å². The fourth-order valence-electron chi connectivity index (χ4n) is 5.31. The average molecular weight is 546 g/mol. The molecule has 2 aliphatic heterocycles. The van der Waals surface area contributed by atoms with Crippen molar-refractivity contribution in [2.24, 2.45) is 5.41 Å². The minimum Gasteiger partial charge on any atom is -0.395 e. The summed E-state index contributed by atoms with van der Waals surface area (Å²) in [5.41, 5.74) is 3.75. The Morgan fingerprint density at radius 3 is 2.51 bits per heavy atom. The topological polar surface area (TPSA) is 80.7 Å². The van der Waals surface area contributed by atoms with Gasteiger partial charge in [-0.2, -0.15) is 0 Å². The van der Waals surface area contributed by atoms with Gasteiger partial charge in [0, 0.05) is 54.8 Å². The molecule has 2 saturated heterocycles. The van der Waals surface area contributed by atoms with Crippen LogP contribution in [0.15, 0.2) is 35.4 Å². The van der Waals surface area contributed by atoms with Crippen molar-refractivity contribution in [3.8, 4) is 0 Å². The van der Waals surface area contributed by atoms with Gasteiger partial charge in [0.2, 0.25) is 0 Å². The van der Waals surface area contributed by atoms with E-state index >= 15 is 0 Å². The number of pyridine rings is 1. The minimum atomic E-state index is -0.730. The smallest absolute Gasteiger partial charge is 0.259 e. The highest BCUT2D eigenvalue weighted by molar-refractivity contribution is 8.00. The Morgan fingerprint density at radius 2 is 1.84 bits per heavy atom. The second-order valence-corrected chi connectivity index (χ2v) is 12.0. The number of halogens is 1. The third-order valence-electron chi connectivity index (χ3n) is 7.82. The number of amides is 1. The number of aliphatic hydroxyl groups is 1. The zero-order valence-electron chi connectivity index (χ0n) is 21.3. The van der Waals surface area contributed by atoms with Crippen LogP contribution in [0.1, 0.15) is 48.9 Å². The average Bonchev–Trinajstić information content (AvgIpc) is 3.68. The highest BCUT2D eigenvalue weighted by Crippen LogP contribution is 2.54. The van der Waals surface area contributed by atoms with E-state index in [-0.39, 0.29) is 12.5 Å². The van der Waals surface area contributed by atoms with Crippen LogP contribution in [-0.4, -0.2) is 67.0 Å². The van der Waals surface area contributed by atoms with Crippen molar-refractivity contribution in [1.29, 1.82) is 0 Å². The molecule has 3 aliphatic rings. The van der Waals surface area contributed by atoms with Gasteiger partial charge in [0.25, 0.3) is 5.91 Å². The highest BCUT2D eigenvalue weighted by atomic mass is 32.2. The van der Waals surface area contributed by atoms with E-state index in [0.29, 0.717) is 48.5 Å². The Bertz CT molecular complexity index is 1100. The number of carbonyl (C=O) groups excluding carboxylic acids is 1. The molecule has 0 radical (unpaired) electrons. The van der Waals surface area contributed by atoms with E-state index in [1.807, 2.05) is 30.5 Å². The molecule has 0 unspecified atom stereocenters. The van der Waals surface area contributed by atoms with Gasteiger partial charge in [-0.15, -0.1) is 11.8 Å². The van der Waals surface area contributed by atoms with Crippen LogP contribution in [-0.2, 0) is 0 Å². The molecular weight excluding hydrogens is 509 g/mol. The quantitative estimate of drug-likeness (QED) is 0.219. The van der Waals surface area contributed by atoms with Crippen LogP contribution in [0.3, 0.4) is 0 Å². The summed E-state index contributed by atoms with van der Waals surface area (Å²) < 4.78 is 16.9. The zero-order chi connectivity index (χ0) is 25.8. The fraction of sp³-hybridized carbons (Fsp3) is 0.556. The molecule has 0 bridgehead atoms. The van der Waals surface area contributed by atoms with Gasteiger partial charge in [0.05, 0.1) is 23.5 Å². The Labute approximate surface area is 227 Å². The third kappa shape index (κ3) is 6.29. The number of aliphatic hydroxyl groups excluding tert-OH is 1. The molecule has 1 aliphatic carbocycles. The molecule has 3 N–H and O–H groups in total. The maximum atomic E-state index is 13.7. The van der Waals surface area contributed by atoms with Crippen molar-refractivity contribution in [1.82, 2.24) is 4.98 Å². The van der Waals surface area contributed by atoms with E-state index in [1.165, 1.54) is 24.8 Å². The number of benzene rings is 1. The first-order valence-corrected chi connectivity index (χ1v) is 15.3. The maximum absolute atomic E-state index is 13.7. The monoisotopic (exact) mass is 545 g/mol. The SMILES string of the molecule is CSc1ccc(NC(=O)c2cnc(NSCCO)cc2N2CCC3(CC2)CC3)cc1N1CCC(F)CC1. The van der Waals surface area contributed by atoms with Gasteiger partial charge in [-0.05, 0) is 80.3 Å². The zero-order valence-corrected chi connectivity index (χ0v) is 23.0. The summed E-state index contributed by atoms with van der Waals surface area (Å²) in [4.78, 5) is 23.7. The summed E-state index contributed by atoms with van der Waals surface area (Å²) in [5, 5.41) is 12.2. The van der Waals surface area contributed by atoms with Crippen LogP contribution >= 0.6 is 23.7 Å². The van der Waals surface area contributed by atoms with E-state index in [2.05, 4.69) is 24.8 Å². The van der Waals surface area contributed by atoms with Gasteiger partial charge in [0.1, 0.15) is 12.0 Å². The molecule has 2 aromatic rings. The number of nitrogens with zero attached hydrogens (tertiary/aromatic N) is 3. The van der Waals surface area contributed by atoms with Gasteiger partial charge in [0.15, 0.2) is 0 Å². The molecule has 1 aromatic heterocycles. The number of hydrogen-bond acceptors (Lipinski definition) is 8. The van der Waals surface area contributed by atoms with Crippen LogP contribution in [0.5, 0.6) is 0 Å². The summed E-state index contributed by atoms with van der Waals surface area (Å²) in [6.07, 6.45) is 9.00. The lowest BCUT2D eigenvalue weighted by Crippen LogP contribution is -2.36. The fourth-order valence-corrected chi connectivity index (χ4v) is 6.36. The van der Waals surface area contributed by atoms with Crippen LogP contribution in [0.4, 0.5) is 27.3 Å². The molecular formula is C27H36FN5O2S2. The summed E-state index contributed by atoms with van der Waals surface area (Å²) in [6, 6.07) is 7.92. The van der Waals surface area contributed by atoms with E-state index in [1.54, 1.807) is 18.0 Å². The number of rotatable bonds is 9. The van der Waals surface area contributed by atoms with Crippen molar-refractivity contribution in [2.45, 2.75) is 49.6 Å². The van der Waals surface area contributed by atoms with Crippen LogP contribution in [0, 0.1) is 5.41 Å². The Hall–Kier alpha value is -2.17. The van der Waals surface area contributed by atoms with Gasteiger partial charge < -0.3 is 24.9 Å². The number of piperidine rings is 2. The molecule has 1 aromatic carbocycles. The van der Waals surface area contributed by atoms with Crippen molar-refractivity contribution in [2.75, 3.05) is 64.6 Å². The molecule has 200 valence electrons. The predicted octanol–water partition coefficient (Wildman–Crippen LogP) is 5.43. The van der Waals surface area contributed by atoms with Crippen LogP contribution < -0.4 is 19.8 Å². The first-order valence-electron chi connectivity index (χ1n) is 13.1. The number of hydrogen-bond donors (Lipinski definition) is 3. The summed E-state index contributed by atoms with van der Waals surface area (Å²) in [7, 11) is 0. The van der Waals surface area contributed by atoms with Gasteiger partial charge in [-0.25, -0.2) is 9.37 Å². The lowest BCUT2D eigenvalue weighted by Gasteiger charge is -2.35. The molecule has 1 spiro atoms. The van der Waals surface area contributed by atoms with Crippen molar-refractivity contribution >= 4 is 52.5 Å². The predicted molar refractivity (Wildman–Crippen MR) is 153 cm³/mol. The van der Waals surface area contributed by atoms with Gasteiger partial charge >= 0.3 is 0 Å². The Balaban J connectivity index is 1.36. The Morgan fingerprint density at radius 1 is 1.11 bits per heavy atom. The van der Waals surface area contributed by atoms with Crippen molar-refractivity contribution in [3.63, 3.8) is 0 Å². The van der Waals surface area contributed by atoms with Gasteiger partial charge in [-0.1, -0.05) is 0 Å². The first-order chi connectivity index (χ1) is 18.0. The Kier molecular flexibility index (Phi) is 8.36. The summed E-state index contributed by atoms with van der Waals surface area (Å²) in [5.74, 6) is 1.05. The molecule has 1 saturated carbocycles. The normalized spacial score (nSPS) is 19.2. The van der Waals surface area contributed by atoms with E-state index in [4.69, 9.17) is 5.11 Å². The second kappa shape index (κ2) is 11.7. The largest absolute Gasteiger partial charge is 0.395 e. The van der Waals surface area contributed by atoms with Gasteiger partial charge in [-0.3, -0.25) is 4.79 Å². The number of anilines is 4. The van der Waals surface area contributed by atoms with Crippen molar-refractivity contribution in [3.05, 3.63) is 36.0 Å². The second-order valence-electron chi connectivity index (χ2n) is 10.3. The lowest BCUT2D eigenvalue weighted by atomic mass is 9.93. The molecule has 7 nitrogen and oxygen atoms in total. The third-order valence-corrected chi connectivity index (χ3v) is 9.35. The van der Waals surface area contributed by atoms with E-state index in [0.717, 1.165) is 47.9 Å². The van der Waals surface area contributed by atoms with Crippen LogP contribution in [0.25, 0.3) is 0 Å². The molecule has 10 heteroatoms. The number of carbonyl (C=O) groups is 1. The van der Waals surface area contributed by atoms with E-state index in [9.17, 15) is 9.18 Å². The van der Waals surface area contributed by atoms with Crippen LogP contribution in [0.2, 0.25) is 0 Å². The summed E-state index contributed by atoms with van der Waals surface area (Å²) >= 11 is 3.06. The highest BCUT2D eigenvalue weighted by Gasteiger charge is 2.44. The number of nitrogens with one attached hydrogen (secondary N) is 2. The maximum Gasteiger partial charge on any atom is 0.259 e. The number of aromatic nitrogens is 1. The molecule has 3 heterocycles. The lowest BCUT2D eigenvalue weighted by molar-refractivity contribution is 0.102. The first kappa shape index (κ1) is 26.4. The molecule has 1 amide bonds. The molecule has 0 atom stereocenters. The standard InChI is InChI=1S/C27H36FN5O2S2/c1-36-24-3-2-20(16-23(24)32-10-4-19(28)5-11-32)30-26(35)21-18-29-25(31-37-15-14-34)17-22(21)33-12-8-27(6-7-27)9-13-33/h2-3,16-19,34H,4-15H2,1H3,(H,29,31)(H,30,35). The molecule has 5 rings (SSSR count). The molecule has 37 heavy (non-hydrogen) atoms. The minimum absolute atomic E-state index is 0.0856.